The molecular weight excluding hydrogens is 454 g/mol. The predicted molar refractivity (Wildman–Crippen MR) is 134 cm³/mol. The van der Waals surface area contributed by atoms with E-state index < -0.39 is 0 Å². The Morgan fingerprint density at radius 2 is 1.64 bits per heavy atom. The Labute approximate surface area is 203 Å². The van der Waals surface area contributed by atoms with Crippen LogP contribution < -0.4 is 10.6 Å². The first-order valence-corrected chi connectivity index (χ1v) is 12.9. The fraction of sp³-hybridized carbons (Fsp3) is 0.360. The maximum atomic E-state index is 13.0. The van der Waals surface area contributed by atoms with E-state index in [9.17, 15) is 9.59 Å². The largest absolute Gasteiger partial charge is 0.447 e. The van der Waals surface area contributed by atoms with Crippen molar-refractivity contribution in [3.63, 3.8) is 0 Å². The SMILES string of the molecule is CCCCC(COC(=O)N(Cc1cccs1)Cc1cccs1)NC(=O)NCc1ccccc1. The van der Waals surface area contributed by atoms with E-state index in [4.69, 9.17) is 4.74 Å². The summed E-state index contributed by atoms with van der Waals surface area (Å²) in [6, 6.07) is 17.2. The Morgan fingerprint density at radius 3 is 2.21 bits per heavy atom. The molecule has 0 saturated carbocycles. The third kappa shape index (κ3) is 8.90. The second-order valence-electron chi connectivity index (χ2n) is 7.74. The molecule has 0 radical (unpaired) electrons. The Hall–Kier alpha value is -2.84. The fourth-order valence-electron chi connectivity index (χ4n) is 3.29. The highest BCUT2D eigenvalue weighted by molar-refractivity contribution is 7.10. The summed E-state index contributed by atoms with van der Waals surface area (Å²) < 4.78 is 5.68. The van der Waals surface area contributed by atoms with Crippen LogP contribution in [-0.4, -0.2) is 29.7 Å². The van der Waals surface area contributed by atoms with Crippen LogP contribution in [0.2, 0.25) is 0 Å². The first-order valence-electron chi connectivity index (χ1n) is 11.2. The van der Waals surface area contributed by atoms with E-state index in [1.165, 1.54) is 0 Å². The van der Waals surface area contributed by atoms with Gasteiger partial charge < -0.3 is 15.4 Å². The number of unbranched alkanes of at least 4 members (excludes halogenated alkanes) is 1. The van der Waals surface area contributed by atoms with Crippen molar-refractivity contribution in [2.24, 2.45) is 0 Å². The summed E-state index contributed by atoms with van der Waals surface area (Å²) in [4.78, 5) is 29.3. The number of hydrogen-bond acceptors (Lipinski definition) is 5. The number of amides is 3. The number of carbonyl (C=O) groups is 2. The van der Waals surface area contributed by atoms with E-state index in [0.29, 0.717) is 19.6 Å². The van der Waals surface area contributed by atoms with Crippen LogP contribution in [0.5, 0.6) is 0 Å². The summed E-state index contributed by atoms with van der Waals surface area (Å²) in [5.41, 5.74) is 1.03. The summed E-state index contributed by atoms with van der Waals surface area (Å²) in [5, 5.41) is 9.85. The van der Waals surface area contributed by atoms with Gasteiger partial charge in [0.15, 0.2) is 0 Å². The molecule has 0 aliphatic heterocycles. The number of rotatable bonds is 12. The highest BCUT2D eigenvalue weighted by Gasteiger charge is 2.20. The molecule has 8 heteroatoms. The molecule has 3 aromatic rings. The van der Waals surface area contributed by atoms with Crippen LogP contribution in [-0.2, 0) is 24.4 Å². The molecule has 3 amide bonds. The fourth-order valence-corrected chi connectivity index (χ4v) is 4.73. The minimum atomic E-state index is -0.371. The highest BCUT2D eigenvalue weighted by Crippen LogP contribution is 2.18. The van der Waals surface area contributed by atoms with E-state index >= 15 is 0 Å². The molecule has 176 valence electrons. The summed E-state index contributed by atoms with van der Waals surface area (Å²) in [6.07, 6.45) is 2.32. The lowest BCUT2D eigenvalue weighted by Gasteiger charge is -2.24. The van der Waals surface area contributed by atoms with Gasteiger partial charge in [-0.3, -0.25) is 4.90 Å². The van der Waals surface area contributed by atoms with Crippen LogP contribution in [0.3, 0.4) is 0 Å². The molecule has 0 fully saturated rings. The Balaban J connectivity index is 1.54. The van der Waals surface area contributed by atoms with Crippen molar-refractivity contribution in [3.8, 4) is 0 Å². The van der Waals surface area contributed by atoms with E-state index in [1.807, 2.05) is 65.4 Å². The van der Waals surface area contributed by atoms with Gasteiger partial charge in [0.2, 0.25) is 0 Å². The van der Waals surface area contributed by atoms with Crippen LogP contribution in [0, 0.1) is 0 Å². The number of urea groups is 1. The molecular formula is C25H31N3O3S2. The zero-order valence-corrected chi connectivity index (χ0v) is 20.5. The van der Waals surface area contributed by atoms with E-state index in [2.05, 4.69) is 17.6 Å². The molecule has 3 rings (SSSR count). The summed E-state index contributed by atoms with van der Waals surface area (Å²) in [6.45, 7) is 3.69. The second-order valence-corrected chi connectivity index (χ2v) is 9.81. The molecule has 2 heterocycles. The van der Waals surface area contributed by atoms with Crippen molar-refractivity contribution in [2.75, 3.05) is 6.61 Å². The van der Waals surface area contributed by atoms with E-state index in [-0.39, 0.29) is 24.8 Å². The summed E-state index contributed by atoms with van der Waals surface area (Å²) in [5.74, 6) is 0. The first kappa shape index (κ1) is 24.8. The zero-order chi connectivity index (χ0) is 23.3. The molecule has 1 atom stereocenters. The number of thiophene rings is 2. The van der Waals surface area contributed by atoms with Crippen molar-refractivity contribution in [3.05, 3.63) is 80.7 Å². The maximum Gasteiger partial charge on any atom is 0.410 e. The number of carbonyl (C=O) groups excluding carboxylic acids is 2. The molecule has 1 unspecified atom stereocenters. The molecule has 6 nitrogen and oxygen atoms in total. The average molecular weight is 486 g/mol. The number of nitrogens with one attached hydrogen (secondary N) is 2. The van der Waals surface area contributed by atoms with Crippen LogP contribution >= 0.6 is 22.7 Å². The predicted octanol–water partition coefficient (Wildman–Crippen LogP) is 6.01. The standard InChI is InChI=1S/C25H31N3O3S2/c1-2-3-11-21(27-24(29)26-16-20-9-5-4-6-10-20)19-31-25(30)28(17-22-12-7-14-32-22)18-23-13-8-15-33-23/h4-10,12-15,21H,2-3,11,16-19H2,1H3,(H2,26,27,29). The van der Waals surface area contributed by atoms with Gasteiger partial charge in [0, 0.05) is 16.3 Å². The third-order valence-corrected chi connectivity index (χ3v) is 6.78. The van der Waals surface area contributed by atoms with Crippen LogP contribution in [0.15, 0.2) is 65.4 Å². The van der Waals surface area contributed by atoms with E-state index in [1.54, 1.807) is 27.6 Å². The van der Waals surface area contributed by atoms with Gasteiger partial charge in [-0.05, 0) is 34.9 Å². The molecule has 2 N–H and O–H groups in total. The van der Waals surface area contributed by atoms with Gasteiger partial charge in [0.05, 0.1) is 19.1 Å². The van der Waals surface area contributed by atoms with Crippen molar-refractivity contribution in [1.82, 2.24) is 15.5 Å². The smallest absolute Gasteiger partial charge is 0.410 e. The lowest BCUT2D eigenvalue weighted by atomic mass is 10.1. The zero-order valence-electron chi connectivity index (χ0n) is 18.9. The average Bonchev–Trinajstić information content (AvgIpc) is 3.54. The van der Waals surface area contributed by atoms with Crippen LogP contribution in [0.4, 0.5) is 9.59 Å². The van der Waals surface area contributed by atoms with Crippen molar-refractivity contribution < 1.29 is 14.3 Å². The molecule has 0 bridgehead atoms. The highest BCUT2D eigenvalue weighted by atomic mass is 32.1. The molecule has 0 spiro atoms. The van der Waals surface area contributed by atoms with Crippen molar-refractivity contribution >= 4 is 34.8 Å². The van der Waals surface area contributed by atoms with Crippen LogP contribution in [0.25, 0.3) is 0 Å². The van der Waals surface area contributed by atoms with Gasteiger partial charge >= 0.3 is 12.1 Å². The molecule has 0 aliphatic carbocycles. The van der Waals surface area contributed by atoms with Gasteiger partial charge in [-0.25, -0.2) is 9.59 Å². The van der Waals surface area contributed by atoms with Gasteiger partial charge in [0.25, 0.3) is 0 Å². The molecule has 33 heavy (non-hydrogen) atoms. The summed E-state index contributed by atoms with van der Waals surface area (Å²) >= 11 is 3.23. The quantitative estimate of drug-likeness (QED) is 0.330. The molecule has 1 aromatic carbocycles. The van der Waals surface area contributed by atoms with Crippen molar-refractivity contribution in [2.45, 2.75) is 51.9 Å². The lowest BCUT2D eigenvalue weighted by Crippen LogP contribution is -2.45. The number of nitrogens with zero attached hydrogens (tertiary/aromatic N) is 1. The summed E-state index contributed by atoms with van der Waals surface area (Å²) in [7, 11) is 0. The topological polar surface area (TPSA) is 70.7 Å². The van der Waals surface area contributed by atoms with Crippen molar-refractivity contribution in [1.29, 1.82) is 0 Å². The van der Waals surface area contributed by atoms with Gasteiger partial charge in [-0.15, -0.1) is 22.7 Å². The third-order valence-electron chi connectivity index (χ3n) is 5.06. The van der Waals surface area contributed by atoms with Gasteiger partial charge in [-0.2, -0.15) is 0 Å². The lowest BCUT2D eigenvalue weighted by molar-refractivity contribution is 0.0880. The Kier molecular flexibility index (Phi) is 10.3. The number of benzene rings is 1. The van der Waals surface area contributed by atoms with E-state index in [0.717, 1.165) is 34.6 Å². The molecule has 0 saturated heterocycles. The number of hydrogen-bond donors (Lipinski definition) is 2. The Morgan fingerprint density at radius 1 is 0.970 bits per heavy atom. The number of ether oxygens (including phenoxy) is 1. The van der Waals surface area contributed by atoms with Gasteiger partial charge in [0.1, 0.15) is 6.61 Å². The molecule has 2 aromatic heterocycles. The minimum absolute atomic E-state index is 0.142. The first-order chi connectivity index (χ1) is 16.1. The monoisotopic (exact) mass is 485 g/mol. The Bertz CT molecular complexity index is 910. The normalized spacial score (nSPS) is 11.5. The maximum absolute atomic E-state index is 13.0. The van der Waals surface area contributed by atoms with Crippen LogP contribution in [0.1, 0.15) is 41.5 Å². The second kappa shape index (κ2) is 13.6. The minimum Gasteiger partial charge on any atom is -0.447 e. The molecule has 0 aliphatic rings. The van der Waals surface area contributed by atoms with Gasteiger partial charge in [-0.1, -0.05) is 62.2 Å².